The highest BCUT2D eigenvalue weighted by atomic mass is 19.3. The quantitative estimate of drug-likeness (QED) is 0.816. The van der Waals surface area contributed by atoms with Crippen molar-refractivity contribution in [3.63, 3.8) is 0 Å². The molecule has 1 aromatic rings. The number of aromatic carboxylic acids is 1. The summed E-state index contributed by atoms with van der Waals surface area (Å²) >= 11 is 0. The van der Waals surface area contributed by atoms with Crippen LogP contribution in [0.1, 0.15) is 28.0 Å². The largest absolute Gasteiger partial charge is 0.478 e. The molecule has 0 aromatic carbocycles. The van der Waals surface area contributed by atoms with Crippen LogP contribution in [0, 0.1) is 17.1 Å². The van der Waals surface area contributed by atoms with Crippen LogP contribution < -0.4 is 0 Å². The van der Waals surface area contributed by atoms with Gasteiger partial charge in [-0.15, -0.1) is 0 Å². The van der Waals surface area contributed by atoms with Crippen molar-refractivity contribution in [1.82, 2.24) is 4.98 Å². The number of carboxylic acid groups (broad SMARTS) is 1. The lowest BCUT2D eigenvalue weighted by molar-refractivity contribution is 0.0689. The first-order chi connectivity index (χ1) is 6.99. The number of nitriles is 1. The summed E-state index contributed by atoms with van der Waals surface area (Å²) in [7, 11) is 0. The first-order valence-electron chi connectivity index (χ1n) is 3.59. The van der Waals surface area contributed by atoms with E-state index in [1.165, 1.54) is 6.07 Å². The van der Waals surface area contributed by atoms with E-state index < -0.39 is 35.0 Å². The van der Waals surface area contributed by atoms with Gasteiger partial charge in [-0.05, 0) is 0 Å². The Morgan fingerprint density at radius 1 is 1.60 bits per heavy atom. The second-order valence-electron chi connectivity index (χ2n) is 2.47. The fraction of sp³-hybridized carbons (Fsp3) is 0.125. The number of hydrogen-bond donors (Lipinski definition) is 1. The second-order valence-corrected chi connectivity index (χ2v) is 2.47. The van der Waals surface area contributed by atoms with Crippen molar-refractivity contribution >= 4 is 5.97 Å². The van der Waals surface area contributed by atoms with Gasteiger partial charge in [0.1, 0.15) is 11.6 Å². The van der Waals surface area contributed by atoms with Crippen LogP contribution in [0.25, 0.3) is 0 Å². The van der Waals surface area contributed by atoms with Gasteiger partial charge in [-0.3, -0.25) is 0 Å². The Kier molecular flexibility index (Phi) is 2.90. The van der Waals surface area contributed by atoms with E-state index in [0.29, 0.717) is 6.20 Å². The van der Waals surface area contributed by atoms with Gasteiger partial charge in [0, 0.05) is 6.20 Å². The topological polar surface area (TPSA) is 74.0 Å². The Bertz CT molecular complexity index is 454. The van der Waals surface area contributed by atoms with Crippen molar-refractivity contribution in [3.05, 3.63) is 28.8 Å². The molecular weight excluding hydrogens is 213 g/mol. The van der Waals surface area contributed by atoms with Crippen molar-refractivity contribution in [2.75, 3.05) is 0 Å². The molecule has 0 atom stereocenters. The van der Waals surface area contributed by atoms with E-state index in [2.05, 4.69) is 4.98 Å². The lowest BCUT2D eigenvalue weighted by Crippen LogP contribution is -2.08. The molecule has 1 heterocycles. The van der Waals surface area contributed by atoms with Crippen molar-refractivity contribution in [2.45, 2.75) is 6.43 Å². The number of carbonyl (C=O) groups is 1. The number of halogens is 3. The van der Waals surface area contributed by atoms with Crippen LogP contribution in [0.15, 0.2) is 6.20 Å². The monoisotopic (exact) mass is 216 g/mol. The standard InChI is InChI=1S/C8H3F3N2O2/c9-6-3(8(14)15)2-13-4(1-12)5(6)7(10)11/h2,7H,(H,14,15). The minimum absolute atomic E-state index is 0.530. The number of carboxylic acids is 1. The molecule has 78 valence electrons. The number of alkyl halides is 2. The molecule has 0 spiro atoms. The lowest BCUT2D eigenvalue weighted by Gasteiger charge is -2.05. The molecule has 1 N–H and O–H groups in total. The fourth-order valence-electron chi connectivity index (χ4n) is 0.942. The third-order valence-corrected chi connectivity index (χ3v) is 1.61. The normalized spacial score (nSPS) is 10.1. The molecule has 15 heavy (non-hydrogen) atoms. The molecule has 1 rings (SSSR count). The third-order valence-electron chi connectivity index (χ3n) is 1.61. The van der Waals surface area contributed by atoms with E-state index in [-0.39, 0.29) is 0 Å². The first kappa shape index (κ1) is 11.0. The molecule has 0 unspecified atom stereocenters. The maximum atomic E-state index is 13.2. The molecule has 0 aliphatic carbocycles. The van der Waals surface area contributed by atoms with E-state index in [1.807, 2.05) is 0 Å². The summed E-state index contributed by atoms with van der Waals surface area (Å²) in [5.74, 6) is -3.34. The van der Waals surface area contributed by atoms with Gasteiger partial charge in [-0.1, -0.05) is 0 Å². The number of rotatable bonds is 2. The highest BCUT2D eigenvalue weighted by Crippen LogP contribution is 2.26. The van der Waals surface area contributed by atoms with Gasteiger partial charge in [-0.2, -0.15) is 5.26 Å². The van der Waals surface area contributed by atoms with Gasteiger partial charge >= 0.3 is 5.97 Å². The Hall–Kier alpha value is -2.10. The zero-order valence-corrected chi connectivity index (χ0v) is 7.04. The molecule has 1 aromatic heterocycles. The number of hydrogen-bond acceptors (Lipinski definition) is 3. The van der Waals surface area contributed by atoms with Crippen LogP contribution in [0.2, 0.25) is 0 Å². The average Bonchev–Trinajstić information content (AvgIpc) is 2.15. The fourth-order valence-corrected chi connectivity index (χ4v) is 0.942. The van der Waals surface area contributed by atoms with Crippen LogP contribution in [0.4, 0.5) is 13.2 Å². The van der Waals surface area contributed by atoms with Gasteiger partial charge in [0.25, 0.3) is 6.43 Å². The SMILES string of the molecule is N#Cc1ncc(C(=O)O)c(F)c1C(F)F. The molecule has 0 bridgehead atoms. The van der Waals surface area contributed by atoms with Gasteiger partial charge in [-0.25, -0.2) is 22.9 Å². The Labute approximate surface area is 81.6 Å². The van der Waals surface area contributed by atoms with Gasteiger partial charge in [0.2, 0.25) is 0 Å². The minimum atomic E-state index is -3.29. The van der Waals surface area contributed by atoms with Crippen LogP contribution >= 0.6 is 0 Å². The summed E-state index contributed by atoms with van der Waals surface area (Å²) in [6.45, 7) is 0. The van der Waals surface area contributed by atoms with Crippen LogP contribution in [-0.2, 0) is 0 Å². The highest BCUT2D eigenvalue weighted by molar-refractivity contribution is 5.87. The molecule has 0 saturated heterocycles. The van der Waals surface area contributed by atoms with E-state index in [4.69, 9.17) is 10.4 Å². The Morgan fingerprint density at radius 3 is 2.60 bits per heavy atom. The third kappa shape index (κ3) is 1.88. The number of pyridine rings is 1. The lowest BCUT2D eigenvalue weighted by atomic mass is 10.1. The summed E-state index contributed by atoms with van der Waals surface area (Å²) in [5.41, 5.74) is -3.07. The van der Waals surface area contributed by atoms with Gasteiger partial charge in [0.15, 0.2) is 11.5 Å². The van der Waals surface area contributed by atoms with Crippen molar-refractivity contribution in [1.29, 1.82) is 5.26 Å². The van der Waals surface area contributed by atoms with Crippen LogP contribution in [0.5, 0.6) is 0 Å². The van der Waals surface area contributed by atoms with E-state index in [0.717, 1.165) is 0 Å². The Balaban J connectivity index is 3.51. The average molecular weight is 216 g/mol. The van der Waals surface area contributed by atoms with Gasteiger partial charge in [0.05, 0.1) is 5.56 Å². The minimum Gasteiger partial charge on any atom is -0.478 e. The summed E-state index contributed by atoms with van der Waals surface area (Å²) in [6.07, 6.45) is -2.76. The van der Waals surface area contributed by atoms with Crippen molar-refractivity contribution in [3.8, 4) is 6.07 Å². The van der Waals surface area contributed by atoms with Gasteiger partial charge < -0.3 is 5.11 Å². The molecule has 4 nitrogen and oxygen atoms in total. The molecule has 0 radical (unpaired) electrons. The first-order valence-corrected chi connectivity index (χ1v) is 3.59. The summed E-state index contributed by atoms with van der Waals surface area (Å²) in [5, 5.41) is 16.8. The number of aromatic nitrogens is 1. The molecule has 0 fully saturated rings. The van der Waals surface area contributed by atoms with E-state index >= 15 is 0 Å². The maximum absolute atomic E-state index is 13.2. The number of nitrogens with zero attached hydrogens (tertiary/aromatic N) is 2. The van der Waals surface area contributed by atoms with Crippen LogP contribution in [-0.4, -0.2) is 16.1 Å². The Morgan fingerprint density at radius 2 is 2.20 bits per heavy atom. The van der Waals surface area contributed by atoms with E-state index in [9.17, 15) is 18.0 Å². The predicted octanol–water partition coefficient (Wildman–Crippen LogP) is 1.73. The highest BCUT2D eigenvalue weighted by Gasteiger charge is 2.25. The zero-order valence-electron chi connectivity index (χ0n) is 7.04. The molecule has 0 aliphatic rings. The molecule has 0 saturated carbocycles. The zero-order chi connectivity index (χ0) is 11.6. The molecular formula is C8H3F3N2O2. The van der Waals surface area contributed by atoms with Crippen molar-refractivity contribution in [2.24, 2.45) is 0 Å². The summed E-state index contributed by atoms with van der Waals surface area (Å²) < 4.78 is 37.8. The summed E-state index contributed by atoms with van der Waals surface area (Å²) in [6, 6.07) is 1.26. The smallest absolute Gasteiger partial charge is 0.340 e. The molecule has 7 heteroatoms. The predicted molar refractivity (Wildman–Crippen MR) is 40.8 cm³/mol. The maximum Gasteiger partial charge on any atom is 0.340 e. The summed E-state index contributed by atoms with van der Waals surface area (Å²) in [4.78, 5) is 13.5. The molecule has 0 aliphatic heterocycles. The van der Waals surface area contributed by atoms with E-state index in [1.54, 1.807) is 0 Å². The van der Waals surface area contributed by atoms with Crippen molar-refractivity contribution < 1.29 is 23.1 Å². The second kappa shape index (κ2) is 3.96. The molecule has 0 amide bonds. The van der Waals surface area contributed by atoms with Crippen LogP contribution in [0.3, 0.4) is 0 Å².